The van der Waals surface area contributed by atoms with Crippen LogP contribution >= 0.6 is 58.0 Å². The zero-order valence-corrected chi connectivity index (χ0v) is 11.7. The van der Waals surface area contributed by atoms with Gasteiger partial charge in [0.15, 0.2) is 0 Å². The summed E-state index contributed by atoms with van der Waals surface area (Å²) in [7, 11) is 1.64. The van der Waals surface area contributed by atoms with Gasteiger partial charge in [0.2, 0.25) is 8.13 Å². The largest absolute Gasteiger partial charge is 0.249 e. The van der Waals surface area contributed by atoms with Gasteiger partial charge in [0.25, 0.3) is 0 Å². The van der Waals surface area contributed by atoms with E-state index in [0.717, 1.165) is 0 Å². The van der Waals surface area contributed by atoms with Gasteiger partial charge in [-0.05, 0) is 6.42 Å². The maximum absolute atomic E-state index is 6.04. The SMILES string of the molecule is CCc1nnn(C)c1C(Cl)(Cl)C(Cl)(Cl)Cl. The zero-order valence-electron chi connectivity index (χ0n) is 7.94. The van der Waals surface area contributed by atoms with Crippen LogP contribution in [0.15, 0.2) is 0 Å². The van der Waals surface area contributed by atoms with Crippen LogP contribution in [0.4, 0.5) is 0 Å². The van der Waals surface area contributed by atoms with E-state index >= 15 is 0 Å². The van der Waals surface area contributed by atoms with Crippen LogP contribution in [0.25, 0.3) is 0 Å². The molecule has 1 aromatic heterocycles. The predicted octanol–water partition coefficient (Wildman–Crippen LogP) is 3.38. The van der Waals surface area contributed by atoms with Crippen molar-refractivity contribution in [1.29, 1.82) is 0 Å². The van der Waals surface area contributed by atoms with Crippen molar-refractivity contribution in [3.05, 3.63) is 11.4 Å². The number of aryl methyl sites for hydroxylation is 2. The Morgan fingerprint density at radius 2 is 1.73 bits per heavy atom. The average molecular weight is 311 g/mol. The van der Waals surface area contributed by atoms with Crippen molar-refractivity contribution in [2.75, 3.05) is 0 Å². The highest BCUT2D eigenvalue weighted by Gasteiger charge is 2.50. The van der Waals surface area contributed by atoms with Crippen LogP contribution in [0.2, 0.25) is 0 Å². The Kier molecular flexibility index (Phi) is 4.06. The predicted molar refractivity (Wildman–Crippen MR) is 64.1 cm³/mol. The number of rotatable bonds is 2. The zero-order chi connectivity index (χ0) is 11.9. The van der Waals surface area contributed by atoms with Crippen molar-refractivity contribution in [2.45, 2.75) is 21.5 Å². The van der Waals surface area contributed by atoms with Crippen LogP contribution in [0, 0.1) is 0 Å². The lowest BCUT2D eigenvalue weighted by Crippen LogP contribution is -2.31. The molecule has 0 N–H and O–H groups in total. The fourth-order valence-corrected chi connectivity index (χ4v) is 1.89. The van der Waals surface area contributed by atoms with E-state index in [1.54, 1.807) is 7.05 Å². The minimum Gasteiger partial charge on any atom is -0.249 e. The summed E-state index contributed by atoms with van der Waals surface area (Å²) in [6.07, 6.45) is 0.602. The number of aromatic nitrogens is 3. The number of halogens is 5. The third-order valence-corrected chi connectivity index (χ3v) is 4.24. The third-order valence-electron chi connectivity index (χ3n) is 1.88. The second kappa shape index (κ2) is 4.46. The van der Waals surface area contributed by atoms with Crippen molar-refractivity contribution >= 4 is 58.0 Å². The molecule has 1 heterocycles. The molecule has 0 aliphatic carbocycles. The van der Waals surface area contributed by atoms with Gasteiger partial charge in [0, 0.05) is 7.05 Å². The van der Waals surface area contributed by atoms with Crippen LogP contribution in [-0.4, -0.2) is 18.8 Å². The van der Waals surface area contributed by atoms with Crippen LogP contribution in [-0.2, 0) is 17.8 Å². The van der Waals surface area contributed by atoms with E-state index < -0.39 is 8.13 Å². The van der Waals surface area contributed by atoms with E-state index in [4.69, 9.17) is 58.0 Å². The van der Waals surface area contributed by atoms with Crippen molar-refractivity contribution in [1.82, 2.24) is 15.0 Å². The lowest BCUT2D eigenvalue weighted by molar-refractivity contribution is 0.650. The Morgan fingerprint density at radius 1 is 1.20 bits per heavy atom. The highest BCUT2D eigenvalue weighted by atomic mass is 35.6. The van der Waals surface area contributed by atoms with E-state index in [-0.39, 0.29) is 0 Å². The average Bonchev–Trinajstić information content (AvgIpc) is 2.44. The minimum atomic E-state index is -1.85. The van der Waals surface area contributed by atoms with E-state index in [0.29, 0.717) is 17.8 Å². The molecule has 0 aliphatic heterocycles. The van der Waals surface area contributed by atoms with Crippen molar-refractivity contribution < 1.29 is 0 Å². The molecule has 0 spiro atoms. The molecule has 1 rings (SSSR count). The molecule has 3 nitrogen and oxygen atoms in total. The van der Waals surface area contributed by atoms with Gasteiger partial charge in [-0.15, -0.1) is 5.10 Å². The van der Waals surface area contributed by atoms with E-state index in [1.165, 1.54) is 4.68 Å². The Bertz CT molecular complexity index is 354. The molecule has 0 atom stereocenters. The molecule has 0 aliphatic rings. The first-order valence-electron chi connectivity index (χ1n) is 4.05. The van der Waals surface area contributed by atoms with Crippen LogP contribution < -0.4 is 0 Å². The van der Waals surface area contributed by atoms with Crippen molar-refractivity contribution in [2.24, 2.45) is 7.05 Å². The van der Waals surface area contributed by atoms with Crippen LogP contribution in [0.1, 0.15) is 18.3 Å². The van der Waals surface area contributed by atoms with Crippen LogP contribution in [0.5, 0.6) is 0 Å². The van der Waals surface area contributed by atoms with E-state index in [9.17, 15) is 0 Å². The highest BCUT2D eigenvalue weighted by molar-refractivity contribution is 6.75. The van der Waals surface area contributed by atoms with E-state index in [1.807, 2.05) is 6.92 Å². The van der Waals surface area contributed by atoms with Gasteiger partial charge in [-0.3, -0.25) is 0 Å². The molecular weight excluding hydrogens is 303 g/mol. The Balaban J connectivity index is 3.31. The van der Waals surface area contributed by atoms with Gasteiger partial charge >= 0.3 is 0 Å². The first-order chi connectivity index (χ1) is 6.71. The molecule has 0 bridgehead atoms. The summed E-state index contributed by atoms with van der Waals surface area (Å²) < 4.78 is -2.13. The monoisotopic (exact) mass is 309 g/mol. The van der Waals surface area contributed by atoms with Gasteiger partial charge in [0.1, 0.15) is 5.69 Å². The molecule has 0 fully saturated rings. The lowest BCUT2D eigenvalue weighted by atomic mass is 10.2. The second-order valence-electron chi connectivity index (χ2n) is 2.93. The second-order valence-corrected chi connectivity index (χ2v) is 6.54. The molecule has 0 radical (unpaired) electrons. The minimum absolute atomic E-state index is 0.397. The summed E-state index contributed by atoms with van der Waals surface area (Å²) in [5, 5.41) is 7.67. The fraction of sp³-hybridized carbons (Fsp3) is 0.714. The topological polar surface area (TPSA) is 30.7 Å². The van der Waals surface area contributed by atoms with Gasteiger partial charge < -0.3 is 0 Å². The quantitative estimate of drug-likeness (QED) is 0.784. The van der Waals surface area contributed by atoms with Gasteiger partial charge in [-0.1, -0.05) is 70.1 Å². The van der Waals surface area contributed by atoms with Gasteiger partial charge in [0.05, 0.1) is 5.69 Å². The molecule has 86 valence electrons. The fourth-order valence-electron chi connectivity index (χ4n) is 1.16. The third kappa shape index (κ3) is 2.47. The lowest BCUT2D eigenvalue weighted by Gasteiger charge is -2.27. The summed E-state index contributed by atoms with van der Waals surface area (Å²) in [6, 6.07) is 0. The summed E-state index contributed by atoms with van der Waals surface area (Å²) in [4.78, 5) is 0. The summed E-state index contributed by atoms with van der Waals surface area (Å²) in [5.74, 6) is 0. The highest BCUT2D eigenvalue weighted by Crippen LogP contribution is 2.53. The number of hydrogen-bond acceptors (Lipinski definition) is 2. The molecule has 0 saturated carbocycles. The molecule has 0 unspecified atom stereocenters. The molecule has 15 heavy (non-hydrogen) atoms. The Labute approximate surface area is 113 Å². The summed E-state index contributed by atoms with van der Waals surface area (Å²) in [5.41, 5.74) is 1.00. The van der Waals surface area contributed by atoms with Crippen molar-refractivity contribution in [3.63, 3.8) is 0 Å². The molecule has 1 aromatic rings. The number of hydrogen-bond donors (Lipinski definition) is 0. The molecule has 0 saturated heterocycles. The maximum atomic E-state index is 6.04. The first-order valence-corrected chi connectivity index (χ1v) is 5.94. The Hall–Kier alpha value is 0.590. The Morgan fingerprint density at radius 3 is 2.13 bits per heavy atom. The smallest absolute Gasteiger partial charge is 0.228 e. The normalized spacial score (nSPS) is 13.3. The van der Waals surface area contributed by atoms with Crippen LogP contribution in [0.3, 0.4) is 0 Å². The van der Waals surface area contributed by atoms with Gasteiger partial charge in [-0.25, -0.2) is 4.68 Å². The number of nitrogens with zero attached hydrogens (tertiary/aromatic N) is 3. The van der Waals surface area contributed by atoms with Gasteiger partial charge in [-0.2, -0.15) is 0 Å². The maximum Gasteiger partial charge on any atom is 0.228 e. The van der Waals surface area contributed by atoms with E-state index in [2.05, 4.69) is 10.3 Å². The summed E-state index contributed by atoms with van der Waals surface area (Å²) >= 11 is 29.2. The molecule has 0 amide bonds. The standard InChI is InChI=1S/C7H8Cl5N3/c1-3-4-5(15(2)14-13-4)6(8,9)7(10,11)12/h3H2,1-2H3. The van der Waals surface area contributed by atoms with Crippen molar-refractivity contribution in [3.8, 4) is 0 Å². The number of alkyl halides is 5. The first kappa shape index (κ1) is 13.7. The molecular formula is C7H8Cl5N3. The summed E-state index contributed by atoms with van der Waals surface area (Å²) in [6.45, 7) is 1.88. The molecule has 0 aromatic carbocycles. The molecule has 8 heteroatoms.